The highest BCUT2D eigenvalue weighted by atomic mass is 127. The van der Waals surface area contributed by atoms with Gasteiger partial charge < -0.3 is 4.57 Å². The maximum Gasteiger partial charge on any atom is 0.124 e. The minimum Gasteiger partial charge on any atom is -0.327 e. The Bertz CT molecular complexity index is 527. The topological polar surface area (TPSA) is 17.8 Å². The molecule has 2 rings (SSSR count). The summed E-state index contributed by atoms with van der Waals surface area (Å²) in [5.74, 6) is 2.69. The first kappa shape index (κ1) is 14.5. The van der Waals surface area contributed by atoms with E-state index in [0.717, 1.165) is 17.9 Å². The SMILES string of the molecule is CSCCCCn1c(CCl)nc2cc(I)ccc21. The fraction of sp³-hybridized carbons (Fsp3) is 0.462. The lowest BCUT2D eigenvalue weighted by atomic mass is 10.3. The smallest absolute Gasteiger partial charge is 0.124 e. The van der Waals surface area contributed by atoms with Crippen LogP contribution in [-0.2, 0) is 12.4 Å². The summed E-state index contributed by atoms with van der Waals surface area (Å²) in [4.78, 5) is 4.61. The molecule has 1 aromatic carbocycles. The summed E-state index contributed by atoms with van der Waals surface area (Å²) in [6.07, 6.45) is 4.58. The van der Waals surface area contributed by atoms with Crippen molar-refractivity contribution in [1.29, 1.82) is 0 Å². The van der Waals surface area contributed by atoms with E-state index in [2.05, 4.69) is 56.6 Å². The number of imidazole rings is 1. The molecule has 1 heterocycles. The van der Waals surface area contributed by atoms with Crippen molar-refractivity contribution in [2.75, 3.05) is 12.0 Å². The van der Waals surface area contributed by atoms with Gasteiger partial charge in [-0.2, -0.15) is 11.8 Å². The number of hydrogen-bond acceptors (Lipinski definition) is 2. The molecule has 0 bridgehead atoms. The first-order chi connectivity index (χ1) is 8.76. The van der Waals surface area contributed by atoms with Crippen LogP contribution in [0.25, 0.3) is 11.0 Å². The molecule has 0 saturated carbocycles. The highest BCUT2D eigenvalue weighted by molar-refractivity contribution is 14.1. The third kappa shape index (κ3) is 3.33. The van der Waals surface area contributed by atoms with Crippen molar-refractivity contribution in [2.24, 2.45) is 0 Å². The molecule has 0 spiro atoms. The van der Waals surface area contributed by atoms with Gasteiger partial charge in [0.05, 0.1) is 16.9 Å². The molecule has 98 valence electrons. The lowest BCUT2D eigenvalue weighted by molar-refractivity contribution is 0.631. The number of nitrogens with zero attached hydrogens (tertiary/aromatic N) is 2. The van der Waals surface area contributed by atoms with Gasteiger partial charge in [0.25, 0.3) is 0 Å². The van der Waals surface area contributed by atoms with Crippen LogP contribution in [-0.4, -0.2) is 21.6 Å². The van der Waals surface area contributed by atoms with E-state index in [4.69, 9.17) is 11.6 Å². The van der Waals surface area contributed by atoms with E-state index in [9.17, 15) is 0 Å². The predicted octanol–water partition coefficient (Wildman–Crippen LogP) is 4.52. The van der Waals surface area contributed by atoms with Crippen LogP contribution in [0.3, 0.4) is 0 Å². The van der Waals surface area contributed by atoms with E-state index >= 15 is 0 Å². The Morgan fingerprint density at radius 1 is 1.39 bits per heavy atom. The summed E-state index contributed by atoms with van der Waals surface area (Å²) in [5.41, 5.74) is 2.26. The largest absolute Gasteiger partial charge is 0.327 e. The van der Waals surface area contributed by atoms with Crippen LogP contribution in [0, 0.1) is 3.57 Å². The van der Waals surface area contributed by atoms with Crippen LogP contribution in [0.5, 0.6) is 0 Å². The van der Waals surface area contributed by atoms with Gasteiger partial charge in [0.2, 0.25) is 0 Å². The Balaban J connectivity index is 2.23. The summed E-state index contributed by atoms with van der Waals surface area (Å²) < 4.78 is 3.48. The van der Waals surface area contributed by atoms with E-state index in [1.165, 1.54) is 27.7 Å². The Labute approximate surface area is 131 Å². The highest BCUT2D eigenvalue weighted by Crippen LogP contribution is 2.21. The van der Waals surface area contributed by atoms with Gasteiger partial charge in [0, 0.05) is 10.1 Å². The Morgan fingerprint density at radius 3 is 2.94 bits per heavy atom. The summed E-state index contributed by atoms with van der Waals surface area (Å²) in [7, 11) is 0. The second-order valence-electron chi connectivity index (χ2n) is 4.15. The second-order valence-corrected chi connectivity index (χ2v) is 6.64. The van der Waals surface area contributed by atoms with E-state index in [1.807, 2.05) is 11.8 Å². The zero-order valence-corrected chi connectivity index (χ0v) is 14.1. The van der Waals surface area contributed by atoms with Gasteiger partial charge in [-0.1, -0.05) is 0 Å². The number of halogens is 2. The number of thioether (sulfide) groups is 1. The van der Waals surface area contributed by atoms with Crippen molar-refractivity contribution in [3.63, 3.8) is 0 Å². The molecular formula is C13H16ClIN2S. The molecule has 0 saturated heterocycles. The fourth-order valence-electron chi connectivity index (χ4n) is 2.02. The number of alkyl halides is 1. The van der Waals surface area contributed by atoms with Crippen LogP contribution in [0.15, 0.2) is 18.2 Å². The number of aromatic nitrogens is 2. The van der Waals surface area contributed by atoms with Gasteiger partial charge in [-0.25, -0.2) is 4.98 Å². The standard InChI is InChI=1S/C13H16ClIN2S/c1-18-7-3-2-6-17-12-5-4-10(15)8-11(12)16-13(17)9-14/h4-5,8H,2-3,6-7,9H2,1H3. The van der Waals surface area contributed by atoms with Crippen molar-refractivity contribution >= 4 is 57.0 Å². The van der Waals surface area contributed by atoms with Crippen LogP contribution in [0.4, 0.5) is 0 Å². The second kappa shape index (κ2) is 7.01. The number of unbranched alkanes of at least 4 members (excludes halogenated alkanes) is 1. The van der Waals surface area contributed by atoms with Crippen LogP contribution in [0.2, 0.25) is 0 Å². The molecule has 0 fully saturated rings. The minimum absolute atomic E-state index is 0.480. The quantitative estimate of drug-likeness (QED) is 0.407. The molecule has 2 aromatic rings. The lowest BCUT2D eigenvalue weighted by Crippen LogP contribution is -2.02. The number of hydrogen-bond donors (Lipinski definition) is 0. The molecule has 0 N–H and O–H groups in total. The third-order valence-electron chi connectivity index (χ3n) is 2.89. The molecule has 1 aromatic heterocycles. The number of aryl methyl sites for hydroxylation is 1. The number of fused-ring (bicyclic) bond motifs is 1. The summed E-state index contributed by atoms with van der Waals surface area (Å²) in [5, 5.41) is 0. The van der Waals surface area contributed by atoms with E-state index in [1.54, 1.807) is 0 Å². The predicted molar refractivity (Wildman–Crippen MR) is 89.6 cm³/mol. The van der Waals surface area contributed by atoms with Gasteiger partial charge in [-0.3, -0.25) is 0 Å². The Kier molecular flexibility index (Phi) is 5.63. The van der Waals surface area contributed by atoms with Gasteiger partial charge >= 0.3 is 0 Å². The molecule has 0 aliphatic heterocycles. The first-order valence-corrected chi connectivity index (χ1v) is 8.96. The molecule has 0 aliphatic rings. The fourth-order valence-corrected chi connectivity index (χ4v) is 3.19. The molecule has 0 aliphatic carbocycles. The van der Waals surface area contributed by atoms with Crippen LogP contribution in [0.1, 0.15) is 18.7 Å². The lowest BCUT2D eigenvalue weighted by Gasteiger charge is -2.07. The van der Waals surface area contributed by atoms with Gasteiger partial charge in [-0.15, -0.1) is 11.6 Å². The van der Waals surface area contributed by atoms with E-state index < -0.39 is 0 Å². The Hall–Kier alpha value is 0.0600. The minimum atomic E-state index is 0.480. The molecule has 0 amide bonds. The van der Waals surface area contributed by atoms with Gasteiger partial charge in [0.1, 0.15) is 5.82 Å². The monoisotopic (exact) mass is 394 g/mol. The third-order valence-corrected chi connectivity index (χ3v) is 4.50. The molecule has 5 heteroatoms. The molecular weight excluding hydrogens is 379 g/mol. The zero-order chi connectivity index (χ0) is 13.0. The maximum atomic E-state index is 5.99. The van der Waals surface area contributed by atoms with Crippen LogP contribution >= 0.6 is 46.0 Å². The normalized spacial score (nSPS) is 11.3. The maximum absolute atomic E-state index is 5.99. The average Bonchev–Trinajstić information content (AvgIpc) is 2.71. The van der Waals surface area contributed by atoms with Gasteiger partial charge in [0.15, 0.2) is 0 Å². The van der Waals surface area contributed by atoms with Gasteiger partial charge in [-0.05, 0) is 65.6 Å². The van der Waals surface area contributed by atoms with Crippen molar-refractivity contribution in [2.45, 2.75) is 25.3 Å². The van der Waals surface area contributed by atoms with Crippen molar-refractivity contribution in [3.05, 3.63) is 27.6 Å². The summed E-state index contributed by atoms with van der Waals surface area (Å²) in [6.45, 7) is 1.01. The molecule has 18 heavy (non-hydrogen) atoms. The van der Waals surface area contributed by atoms with Crippen molar-refractivity contribution in [1.82, 2.24) is 9.55 Å². The summed E-state index contributed by atoms with van der Waals surface area (Å²) >= 11 is 10.2. The number of benzene rings is 1. The van der Waals surface area contributed by atoms with Crippen molar-refractivity contribution < 1.29 is 0 Å². The Morgan fingerprint density at radius 2 is 2.22 bits per heavy atom. The molecule has 0 atom stereocenters. The molecule has 2 nitrogen and oxygen atoms in total. The summed E-state index contributed by atoms with van der Waals surface area (Å²) in [6, 6.07) is 6.39. The zero-order valence-electron chi connectivity index (χ0n) is 10.3. The van der Waals surface area contributed by atoms with E-state index in [0.29, 0.717) is 5.88 Å². The first-order valence-electron chi connectivity index (χ1n) is 5.96. The van der Waals surface area contributed by atoms with Crippen molar-refractivity contribution in [3.8, 4) is 0 Å². The average molecular weight is 395 g/mol. The molecule has 0 unspecified atom stereocenters. The van der Waals surface area contributed by atoms with E-state index in [-0.39, 0.29) is 0 Å². The van der Waals surface area contributed by atoms with Crippen LogP contribution < -0.4 is 0 Å². The highest BCUT2D eigenvalue weighted by Gasteiger charge is 2.09. The molecule has 0 radical (unpaired) electrons. The number of rotatable bonds is 6.